The van der Waals surface area contributed by atoms with E-state index < -0.39 is 0 Å². The summed E-state index contributed by atoms with van der Waals surface area (Å²) >= 11 is 0. The van der Waals surface area contributed by atoms with Crippen molar-refractivity contribution in [1.82, 2.24) is 20.1 Å². The van der Waals surface area contributed by atoms with Gasteiger partial charge in [0.1, 0.15) is 25.0 Å². The van der Waals surface area contributed by atoms with Gasteiger partial charge in [0, 0.05) is 13.1 Å². The standard InChI is InChI=1S/C17H20N4O4/c1-21-10-11(8-19-21)25-14-4-2-3-12(14)20-17(22)13-7-15-16(9-18-13)24-6-5-23-15/h7-10,12,14H,2-6H2,1H3,(H,20,22)/t12-,14+/m0/s1. The lowest BCUT2D eigenvalue weighted by Gasteiger charge is -2.22. The number of rotatable bonds is 4. The van der Waals surface area contributed by atoms with Crippen molar-refractivity contribution in [1.29, 1.82) is 0 Å². The van der Waals surface area contributed by atoms with Crippen LogP contribution in [0.1, 0.15) is 29.8 Å². The minimum Gasteiger partial charge on any atom is -0.486 e. The van der Waals surface area contributed by atoms with E-state index in [-0.39, 0.29) is 18.1 Å². The molecule has 1 saturated carbocycles. The molecule has 8 nitrogen and oxygen atoms in total. The first-order valence-electron chi connectivity index (χ1n) is 8.41. The van der Waals surface area contributed by atoms with Crippen LogP contribution in [0.15, 0.2) is 24.7 Å². The third-order valence-electron chi connectivity index (χ3n) is 4.40. The molecule has 3 heterocycles. The van der Waals surface area contributed by atoms with E-state index in [0.29, 0.717) is 36.2 Å². The van der Waals surface area contributed by atoms with Crippen molar-refractivity contribution in [3.8, 4) is 17.2 Å². The molecule has 2 atom stereocenters. The van der Waals surface area contributed by atoms with Crippen LogP contribution in [0.25, 0.3) is 0 Å². The number of aromatic nitrogens is 3. The fraction of sp³-hybridized carbons (Fsp3) is 0.471. The SMILES string of the molecule is Cn1cc(O[C@@H]2CCC[C@@H]2NC(=O)c2cc3c(cn2)OCCO3)cn1. The van der Waals surface area contributed by atoms with Crippen LogP contribution in [0.2, 0.25) is 0 Å². The van der Waals surface area contributed by atoms with Crippen molar-refractivity contribution < 1.29 is 19.0 Å². The number of pyridine rings is 1. The van der Waals surface area contributed by atoms with Gasteiger partial charge in [-0.05, 0) is 19.3 Å². The van der Waals surface area contributed by atoms with Gasteiger partial charge in [-0.2, -0.15) is 5.10 Å². The lowest BCUT2D eigenvalue weighted by Crippen LogP contribution is -2.42. The highest BCUT2D eigenvalue weighted by molar-refractivity contribution is 5.93. The van der Waals surface area contributed by atoms with Crippen molar-refractivity contribution in [2.24, 2.45) is 7.05 Å². The first-order chi connectivity index (χ1) is 12.2. The molecule has 25 heavy (non-hydrogen) atoms. The second-order valence-electron chi connectivity index (χ2n) is 6.23. The summed E-state index contributed by atoms with van der Waals surface area (Å²) in [5.41, 5.74) is 0.316. The quantitative estimate of drug-likeness (QED) is 0.900. The number of hydrogen-bond donors (Lipinski definition) is 1. The monoisotopic (exact) mass is 344 g/mol. The summed E-state index contributed by atoms with van der Waals surface area (Å²) in [6.45, 7) is 0.970. The summed E-state index contributed by atoms with van der Waals surface area (Å²) < 4.78 is 18.6. The molecular weight excluding hydrogens is 324 g/mol. The minimum absolute atomic E-state index is 0.0530. The molecule has 0 spiro atoms. The largest absolute Gasteiger partial charge is 0.486 e. The number of nitrogens with zero attached hydrogens (tertiary/aromatic N) is 3. The second kappa shape index (κ2) is 6.62. The highest BCUT2D eigenvalue weighted by Crippen LogP contribution is 2.30. The Balaban J connectivity index is 1.42. The summed E-state index contributed by atoms with van der Waals surface area (Å²) in [4.78, 5) is 16.7. The molecule has 0 radical (unpaired) electrons. The summed E-state index contributed by atoms with van der Waals surface area (Å²) in [5.74, 6) is 1.61. The van der Waals surface area contributed by atoms with E-state index in [4.69, 9.17) is 14.2 Å². The maximum absolute atomic E-state index is 12.5. The number of fused-ring (bicyclic) bond motifs is 1. The van der Waals surface area contributed by atoms with Crippen LogP contribution in [0.5, 0.6) is 17.2 Å². The first kappa shape index (κ1) is 15.7. The molecule has 0 bridgehead atoms. The molecule has 2 aromatic heterocycles. The number of carbonyl (C=O) groups is 1. The van der Waals surface area contributed by atoms with Crippen LogP contribution in [0.3, 0.4) is 0 Å². The average Bonchev–Trinajstić information content (AvgIpc) is 3.24. The number of ether oxygens (including phenoxy) is 3. The van der Waals surface area contributed by atoms with Gasteiger partial charge in [0.05, 0.1) is 24.6 Å². The van der Waals surface area contributed by atoms with Crippen LogP contribution >= 0.6 is 0 Å². The third-order valence-corrected chi connectivity index (χ3v) is 4.40. The Hall–Kier alpha value is -2.77. The van der Waals surface area contributed by atoms with E-state index in [0.717, 1.165) is 19.3 Å². The molecule has 4 rings (SSSR count). The zero-order valence-corrected chi connectivity index (χ0v) is 14.0. The van der Waals surface area contributed by atoms with Crippen molar-refractivity contribution in [2.75, 3.05) is 13.2 Å². The van der Waals surface area contributed by atoms with Crippen LogP contribution in [0, 0.1) is 0 Å². The molecule has 8 heteroatoms. The van der Waals surface area contributed by atoms with Gasteiger partial charge in [-0.25, -0.2) is 4.98 Å². The van der Waals surface area contributed by atoms with E-state index in [1.807, 2.05) is 13.2 Å². The number of carbonyl (C=O) groups excluding carboxylic acids is 1. The average molecular weight is 344 g/mol. The summed E-state index contributed by atoms with van der Waals surface area (Å²) in [5, 5.41) is 7.13. The second-order valence-corrected chi connectivity index (χ2v) is 6.23. The molecule has 2 aromatic rings. The van der Waals surface area contributed by atoms with Crippen molar-refractivity contribution >= 4 is 5.91 Å². The summed E-state index contributed by atoms with van der Waals surface area (Å²) in [6, 6.07) is 1.57. The van der Waals surface area contributed by atoms with Gasteiger partial charge < -0.3 is 19.5 Å². The van der Waals surface area contributed by atoms with Crippen molar-refractivity contribution in [3.05, 3.63) is 30.4 Å². The normalized spacial score (nSPS) is 21.8. The third kappa shape index (κ3) is 3.38. The molecule has 1 N–H and O–H groups in total. The molecule has 0 unspecified atom stereocenters. The van der Waals surface area contributed by atoms with Gasteiger partial charge in [0.25, 0.3) is 5.91 Å². The maximum atomic E-state index is 12.5. The predicted octanol–water partition coefficient (Wildman–Crippen LogP) is 1.32. The fourth-order valence-corrected chi connectivity index (χ4v) is 3.18. The Morgan fingerprint density at radius 1 is 1.28 bits per heavy atom. The fourth-order valence-electron chi connectivity index (χ4n) is 3.18. The molecule has 0 saturated heterocycles. The van der Waals surface area contributed by atoms with Crippen molar-refractivity contribution in [3.63, 3.8) is 0 Å². The molecule has 2 aliphatic rings. The molecule has 0 aromatic carbocycles. The Morgan fingerprint density at radius 2 is 2.12 bits per heavy atom. The van der Waals surface area contributed by atoms with Crippen LogP contribution in [-0.2, 0) is 7.05 Å². The van der Waals surface area contributed by atoms with Gasteiger partial charge in [-0.3, -0.25) is 9.48 Å². The molecule has 1 aliphatic heterocycles. The Morgan fingerprint density at radius 3 is 2.92 bits per heavy atom. The van der Waals surface area contributed by atoms with E-state index >= 15 is 0 Å². The van der Waals surface area contributed by atoms with Crippen LogP contribution in [0.4, 0.5) is 0 Å². The van der Waals surface area contributed by atoms with Crippen LogP contribution in [-0.4, -0.2) is 46.0 Å². The lowest BCUT2D eigenvalue weighted by molar-refractivity contribution is 0.0887. The van der Waals surface area contributed by atoms with Gasteiger partial charge in [0.15, 0.2) is 17.2 Å². The zero-order chi connectivity index (χ0) is 17.2. The van der Waals surface area contributed by atoms with Crippen molar-refractivity contribution in [2.45, 2.75) is 31.4 Å². The van der Waals surface area contributed by atoms with E-state index in [9.17, 15) is 4.79 Å². The molecule has 132 valence electrons. The Bertz CT molecular complexity index is 776. The molecule has 1 amide bonds. The van der Waals surface area contributed by atoms with Gasteiger partial charge in [-0.15, -0.1) is 0 Å². The van der Waals surface area contributed by atoms with Gasteiger partial charge in [-0.1, -0.05) is 0 Å². The number of hydrogen-bond acceptors (Lipinski definition) is 6. The lowest BCUT2D eigenvalue weighted by atomic mass is 10.2. The minimum atomic E-state index is -0.233. The molecular formula is C17H20N4O4. The van der Waals surface area contributed by atoms with E-state index in [1.54, 1.807) is 16.9 Å². The smallest absolute Gasteiger partial charge is 0.270 e. The summed E-state index contributed by atoms with van der Waals surface area (Å²) in [6.07, 6.45) is 7.74. The molecule has 1 aliphatic carbocycles. The summed E-state index contributed by atoms with van der Waals surface area (Å²) in [7, 11) is 1.84. The topological polar surface area (TPSA) is 87.5 Å². The van der Waals surface area contributed by atoms with Gasteiger partial charge in [0.2, 0.25) is 0 Å². The predicted molar refractivity (Wildman–Crippen MR) is 88.0 cm³/mol. The highest BCUT2D eigenvalue weighted by Gasteiger charge is 2.31. The van der Waals surface area contributed by atoms with E-state index in [2.05, 4.69) is 15.4 Å². The van der Waals surface area contributed by atoms with Gasteiger partial charge >= 0.3 is 0 Å². The number of nitrogens with one attached hydrogen (secondary N) is 1. The maximum Gasteiger partial charge on any atom is 0.270 e. The number of aryl methyl sites for hydroxylation is 1. The number of amides is 1. The Labute approximate surface area is 145 Å². The zero-order valence-electron chi connectivity index (χ0n) is 14.0. The Kier molecular flexibility index (Phi) is 4.17. The molecule has 1 fully saturated rings. The first-order valence-corrected chi connectivity index (χ1v) is 8.41. The highest BCUT2D eigenvalue weighted by atomic mass is 16.6. The van der Waals surface area contributed by atoms with Crippen LogP contribution < -0.4 is 19.5 Å². The van der Waals surface area contributed by atoms with E-state index in [1.165, 1.54) is 6.20 Å².